The summed E-state index contributed by atoms with van der Waals surface area (Å²) in [4.78, 5) is 3.88. The molecule has 0 bridgehead atoms. The van der Waals surface area contributed by atoms with Crippen molar-refractivity contribution < 1.29 is 32.7 Å². The third kappa shape index (κ3) is 2.71. The van der Waals surface area contributed by atoms with E-state index in [4.69, 9.17) is 5.73 Å². The van der Waals surface area contributed by atoms with Crippen LogP contribution in [-0.2, 0) is 32.7 Å². The maximum Gasteiger partial charge on any atom is 0.0596 e. The average Bonchev–Trinajstić information content (AvgIpc) is 2.13. The summed E-state index contributed by atoms with van der Waals surface area (Å²) in [6, 6.07) is 0. The molecule has 2 N–H and O–H groups in total. The zero-order valence-corrected chi connectivity index (χ0v) is 9.33. The van der Waals surface area contributed by atoms with Gasteiger partial charge < -0.3 is 26.7 Å². The fourth-order valence-corrected chi connectivity index (χ4v) is 0.631. The molecule has 1 aromatic rings. The third-order valence-corrected chi connectivity index (χ3v) is 0.967. The predicted molar refractivity (Wildman–Crippen MR) is 38.7 cm³/mol. The molecule has 0 aliphatic heterocycles. The number of aryl methyl sites for hydroxylation is 1. The van der Waals surface area contributed by atoms with Crippen LogP contribution in [0.4, 0.5) is 5.95 Å². The van der Waals surface area contributed by atoms with Gasteiger partial charge in [-0.05, 0) is 6.92 Å². The van der Waals surface area contributed by atoms with E-state index in [1.807, 2.05) is 0 Å². The molecule has 57 valence electrons. The van der Waals surface area contributed by atoms with E-state index in [0.717, 1.165) is 5.69 Å². The monoisotopic (exact) mass is 225 g/mol. The molecule has 0 saturated carbocycles. The van der Waals surface area contributed by atoms with Crippen LogP contribution in [0.25, 0.3) is 0 Å². The fourth-order valence-electron chi connectivity index (χ4n) is 0.631. The smallest absolute Gasteiger partial charge is 0.0596 e. The molecule has 1 radical (unpaired) electrons. The van der Waals surface area contributed by atoms with Crippen LogP contribution in [0.2, 0.25) is 0 Å². The molecule has 0 unspecified atom stereocenters. The number of rotatable bonds is 1. The third-order valence-electron chi connectivity index (χ3n) is 0.967. The molecule has 4 nitrogen and oxygen atoms in total. The Labute approximate surface area is 90.8 Å². The summed E-state index contributed by atoms with van der Waals surface area (Å²) in [6.45, 7) is 3.49. The zero-order chi connectivity index (χ0) is 7.56. The standard InChI is InChI=1S/C6H8N4.Y/c1-3-8-10-4-5(2)9-6(10)7;/h1-2H3,(H2,7,9);/q-2;. The van der Waals surface area contributed by atoms with Crippen molar-refractivity contribution in [2.24, 2.45) is 5.10 Å². The van der Waals surface area contributed by atoms with Crippen LogP contribution in [0, 0.1) is 13.1 Å². The number of nitrogens with zero attached hydrogens (tertiary/aromatic N) is 3. The second-order valence-corrected chi connectivity index (χ2v) is 1.80. The first-order chi connectivity index (χ1) is 4.74. The number of hydrogen-bond acceptors (Lipinski definition) is 3. The van der Waals surface area contributed by atoms with Crippen LogP contribution in [0.15, 0.2) is 5.10 Å². The maximum atomic E-state index is 5.41. The van der Waals surface area contributed by atoms with Gasteiger partial charge in [0, 0.05) is 32.7 Å². The summed E-state index contributed by atoms with van der Waals surface area (Å²) < 4.78 is 1.36. The molecule has 0 amide bonds. The van der Waals surface area contributed by atoms with Crippen LogP contribution < -0.4 is 5.73 Å². The van der Waals surface area contributed by atoms with Gasteiger partial charge in [0.15, 0.2) is 0 Å². The van der Waals surface area contributed by atoms with Gasteiger partial charge in [-0.25, -0.2) is 0 Å². The van der Waals surface area contributed by atoms with Crippen LogP contribution in [-0.4, -0.2) is 15.9 Å². The van der Waals surface area contributed by atoms with E-state index < -0.39 is 0 Å². The van der Waals surface area contributed by atoms with Crippen molar-refractivity contribution in [1.82, 2.24) is 9.66 Å². The fraction of sp³-hybridized carbons (Fsp3) is 0.333. The van der Waals surface area contributed by atoms with Crippen molar-refractivity contribution >= 4 is 12.2 Å². The van der Waals surface area contributed by atoms with Crippen molar-refractivity contribution in [3.63, 3.8) is 0 Å². The van der Waals surface area contributed by atoms with E-state index in [9.17, 15) is 0 Å². The number of aromatic nitrogens is 2. The van der Waals surface area contributed by atoms with Gasteiger partial charge in [-0.2, -0.15) is 6.92 Å². The Bertz CT molecular complexity index is 253. The predicted octanol–water partition coefficient (Wildman–Crippen LogP) is 0.302. The first kappa shape index (κ1) is 10.8. The summed E-state index contributed by atoms with van der Waals surface area (Å²) in [5.74, 6) is 0.340. The average molecular weight is 225 g/mol. The molecular weight excluding hydrogens is 217 g/mol. The van der Waals surface area contributed by atoms with E-state index in [-0.39, 0.29) is 32.7 Å². The molecular formula is C6H8N4Y-2. The Morgan fingerprint density at radius 2 is 2.36 bits per heavy atom. The van der Waals surface area contributed by atoms with Gasteiger partial charge in [0.05, 0.1) is 5.95 Å². The molecule has 0 saturated heterocycles. The SMILES string of the molecule is C[C-]=Nn1[c-]c(C)nc1N.[Y]. The van der Waals surface area contributed by atoms with Crippen molar-refractivity contribution in [2.45, 2.75) is 13.8 Å². The number of hydrogen-bond donors (Lipinski definition) is 1. The van der Waals surface area contributed by atoms with Gasteiger partial charge >= 0.3 is 0 Å². The van der Waals surface area contributed by atoms with Crippen molar-refractivity contribution in [2.75, 3.05) is 5.73 Å². The molecule has 1 heterocycles. The number of nitrogens with two attached hydrogens (primary N) is 1. The molecule has 1 aromatic heterocycles. The molecule has 0 atom stereocenters. The first-order valence-corrected chi connectivity index (χ1v) is 2.86. The maximum absolute atomic E-state index is 5.41. The first-order valence-electron chi connectivity index (χ1n) is 2.86. The topological polar surface area (TPSA) is 56.2 Å². The summed E-state index contributed by atoms with van der Waals surface area (Å²) in [5.41, 5.74) is 6.15. The Morgan fingerprint density at radius 3 is 2.73 bits per heavy atom. The van der Waals surface area contributed by atoms with Gasteiger partial charge in [0.2, 0.25) is 0 Å². The van der Waals surface area contributed by atoms with Crippen LogP contribution in [0.3, 0.4) is 0 Å². The van der Waals surface area contributed by atoms with E-state index >= 15 is 0 Å². The Kier molecular flexibility index (Phi) is 4.53. The number of nitrogen functional groups attached to an aromatic ring is 1. The minimum atomic E-state index is 0. The van der Waals surface area contributed by atoms with Crippen molar-refractivity contribution in [3.8, 4) is 0 Å². The molecule has 1 rings (SSSR count). The largest absolute Gasteiger partial charge is 0.445 e. The molecule has 0 aliphatic carbocycles. The van der Waals surface area contributed by atoms with E-state index in [0.29, 0.717) is 5.95 Å². The van der Waals surface area contributed by atoms with Gasteiger partial charge in [-0.1, -0.05) is 5.69 Å². The van der Waals surface area contributed by atoms with Crippen LogP contribution in [0.5, 0.6) is 0 Å². The van der Waals surface area contributed by atoms with Gasteiger partial charge in [-0.15, -0.1) is 6.20 Å². The summed E-state index contributed by atoms with van der Waals surface area (Å²) in [5, 5.41) is 3.75. The Hall–Kier alpha value is -0.216. The van der Waals surface area contributed by atoms with Crippen molar-refractivity contribution in [1.29, 1.82) is 0 Å². The molecule has 11 heavy (non-hydrogen) atoms. The summed E-state index contributed by atoms with van der Waals surface area (Å²) in [6.07, 6.45) is 5.37. The molecule has 0 spiro atoms. The van der Waals surface area contributed by atoms with Crippen LogP contribution >= 0.6 is 0 Å². The summed E-state index contributed by atoms with van der Waals surface area (Å²) in [7, 11) is 0. The van der Waals surface area contributed by atoms with Crippen molar-refractivity contribution in [3.05, 3.63) is 11.9 Å². The minimum Gasteiger partial charge on any atom is -0.445 e. The number of imidazole rings is 1. The molecule has 0 aromatic carbocycles. The zero-order valence-electron chi connectivity index (χ0n) is 6.50. The Balaban J connectivity index is 0.000001000. The molecule has 0 fully saturated rings. The quantitative estimate of drug-likeness (QED) is 0.552. The summed E-state index contributed by atoms with van der Waals surface area (Å²) >= 11 is 0. The normalized spacial score (nSPS) is 10.0. The molecule has 5 heteroatoms. The second kappa shape index (κ2) is 4.62. The van der Waals surface area contributed by atoms with Gasteiger partial charge in [0.1, 0.15) is 0 Å². The minimum absolute atomic E-state index is 0. The number of anilines is 1. The van der Waals surface area contributed by atoms with Gasteiger partial charge in [0.25, 0.3) is 0 Å². The van der Waals surface area contributed by atoms with E-state index in [1.165, 1.54) is 4.68 Å². The second-order valence-electron chi connectivity index (χ2n) is 1.80. The molecule has 0 aliphatic rings. The van der Waals surface area contributed by atoms with E-state index in [2.05, 4.69) is 22.5 Å². The van der Waals surface area contributed by atoms with Crippen LogP contribution in [0.1, 0.15) is 12.6 Å². The van der Waals surface area contributed by atoms with E-state index in [1.54, 1.807) is 13.8 Å². The van der Waals surface area contributed by atoms with Gasteiger partial charge in [-0.3, -0.25) is 0 Å². The Morgan fingerprint density at radius 1 is 1.73 bits per heavy atom.